The van der Waals surface area contributed by atoms with Crippen LogP contribution in [-0.2, 0) is 56.9 Å². The molecule has 0 aromatic carbocycles. The lowest BCUT2D eigenvalue weighted by molar-refractivity contribution is -0.913. The van der Waals surface area contributed by atoms with Crippen molar-refractivity contribution in [1.82, 2.24) is 4.90 Å². The highest BCUT2D eigenvalue weighted by Crippen LogP contribution is 2.14. The molecule has 1 heterocycles. The molecule has 0 radical (unpaired) electrons. The zero-order chi connectivity index (χ0) is 47.4. The number of ether oxygens (including phenoxy) is 11. The molecule has 14 heteroatoms. The zero-order valence-corrected chi connectivity index (χ0v) is 43.0. The number of rotatable bonds is 54. The van der Waals surface area contributed by atoms with Gasteiger partial charge in [0.1, 0.15) is 6.61 Å². The Labute approximate surface area is 404 Å². The van der Waals surface area contributed by atoms with Gasteiger partial charge in [0.25, 0.3) is 0 Å². The summed E-state index contributed by atoms with van der Waals surface area (Å²) in [6, 6.07) is 0. The molecule has 0 unspecified atom stereocenters. The molecule has 0 atom stereocenters. The highest BCUT2D eigenvalue weighted by Gasteiger charge is 2.28. The third-order valence-corrected chi connectivity index (χ3v) is 11.7. The molecule has 1 saturated heterocycles. The quantitative estimate of drug-likeness (QED) is 0.0251. The van der Waals surface area contributed by atoms with Crippen molar-refractivity contribution in [3.05, 3.63) is 12.2 Å². The number of hydrogen-bond donors (Lipinski definition) is 0. The summed E-state index contributed by atoms with van der Waals surface area (Å²) in [5.74, 6) is -0.157. The van der Waals surface area contributed by atoms with E-state index in [0.717, 1.165) is 50.2 Å². The SMILES string of the molecule is CCCCCCCCC=CCCCCCCCCOCCOCCOCCOCCOCCOCCOCCOCCOCCOCCOC(=O)CCN1CC[N+](C)(CCCCCC)CC1. The number of carbonyl (C=O) groups excluding carboxylic acids is 1. The van der Waals surface area contributed by atoms with Crippen LogP contribution < -0.4 is 0 Å². The Kier molecular flexibility index (Phi) is 49.0. The number of quaternary nitrogens is 1. The van der Waals surface area contributed by atoms with Gasteiger partial charge < -0.3 is 56.6 Å². The lowest BCUT2D eigenvalue weighted by Gasteiger charge is -2.42. The summed E-state index contributed by atoms with van der Waals surface area (Å²) < 4.78 is 62.1. The number of piperazine rings is 1. The molecule has 0 spiro atoms. The number of unbranched alkanes of at least 4 members (excludes halogenated alkanes) is 15. The van der Waals surface area contributed by atoms with Gasteiger partial charge in [0.05, 0.1) is 159 Å². The first kappa shape index (κ1) is 62.7. The monoisotopic (exact) mass is 948 g/mol. The zero-order valence-electron chi connectivity index (χ0n) is 43.0. The average Bonchev–Trinajstić information content (AvgIpc) is 3.32. The average molecular weight is 948 g/mol. The number of hydrogen-bond acceptors (Lipinski definition) is 13. The van der Waals surface area contributed by atoms with E-state index in [1.807, 2.05) is 0 Å². The van der Waals surface area contributed by atoms with Crippen molar-refractivity contribution in [2.45, 2.75) is 136 Å². The van der Waals surface area contributed by atoms with E-state index in [1.165, 1.54) is 116 Å². The minimum absolute atomic E-state index is 0.157. The molecule has 0 N–H and O–H groups in total. The molecular weight excluding hydrogens is 845 g/mol. The van der Waals surface area contributed by atoms with E-state index >= 15 is 0 Å². The van der Waals surface area contributed by atoms with Gasteiger partial charge in [0.2, 0.25) is 0 Å². The van der Waals surface area contributed by atoms with Crippen LogP contribution in [-0.4, -0.2) is 200 Å². The van der Waals surface area contributed by atoms with E-state index in [1.54, 1.807) is 0 Å². The van der Waals surface area contributed by atoms with Crippen molar-refractivity contribution in [1.29, 1.82) is 0 Å². The van der Waals surface area contributed by atoms with Crippen molar-refractivity contribution in [2.24, 2.45) is 0 Å². The lowest BCUT2D eigenvalue weighted by Crippen LogP contribution is -2.57. The summed E-state index contributed by atoms with van der Waals surface area (Å²) in [4.78, 5) is 14.5. The topological polar surface area (TPSA) is 122 Å². The first-order chi connectivity index (χ1) is 32.6. The van der Waals surface area contributed by atoms with Gasteiger partial charge in [-0.1, -0.05) is 96.6 Å². The molecule has 0 amide bonds. The second-order valence-electron chi connectivity index (χ2n) is 17.7. The highest BCUT2D eigenvalue weighted by molar-refractivity contribution is 5.69. The van der Waals surface area contributed by atoms with Crippen LogP contribution in [0.3, 0.4) is 0 Å². The Morgan fingerprint density at radius 3 is 1.12 bits per heavy atom. The Bertz CT molecular complexity index is 1000. The normalized spacial score (nSPS) is 14.2. The van der Waals surface area contributed by atoms with Crippen LogP contribution in [0.25, 0.3) is 0 Å². The number of carbonyl (C=O) groups is 1. The number of esters is 1. The van der Waals surface area contributed by atoms with Gasteiger partial charge in [0, 0.05) is 26.2 Å². The predicted octanol–water partition coefficient (Wildman–Crippen LogP) is 8.47. The van der Waals surface area contributed by atoms with Crippen LogP contribution in [0, 0.1) is 0 Å². The van der Waals surface area contributed by atoms with Gasteiger partial charge in [-0.15, -0.1) is 0 Å². The summed E-state index contributed by atoms with van der Waals surface area (Å²) in [7, 11) is 2.38. The summed E-state index contributed by atoms with van der Waals surface area (Å²) in [6.45, 7) is 21.8. The van der Waals surface area contributed by atoms with Crippen molar-refractivity contribution < 1.29 is 61.4 Å². The third kappa shape index (κ3) is 46.5. The lowest BCUT2D eigenvalue weighted by atomic mass is 10.1. The molecule has 0 bridgehead atoms. The first-order valence-electron chi connectivity index (χ1n) is 26.7. The molecule has 66 heavy (non-hydrogen) atoms. The summed E-state index contributed by atoms with van der Waals surface area (Å²) in [5.41, 5.74) is 0. The minimum atomic E-state index is -0.157. The summed E-state index contributed by atoms with van der Waals surface area (Å²) in [6.07, 6.45) is 29.0. The predicted molar refractivity (Wildman–Crippen MR) is 265 cm³/mol. The van der Waals surface area contributed by atoms with E-state index < -0.39 is 0 Å². The minimum Gasteiger partial charge on any atom is -0.463 e. The molecule has 1 aliphatic heterocycles. The van der Waals surface area contributed by atoms with E-state index in [0.29, 0.717) is 132 Å². The molecule has 0 aliphatic carbocycles. The fraction of sp³-hybridized carbons (Fsp3) is 0.942. The van der Waals surface area contributed by atoms with Gasteiger partial charge in [-0.3, -0.25) is 9.69 Å². The Hall–Kier alpha value is -1.27. The molecule has 14 nitrogen and oxygen atoms in total. The second kappa shape index (κ2) is 51.6. The van der Waals surface area contributed by atoms with Gasteiger partial charge in [-0.05, 0) is 44.9 Å². The molecule has 392 valence electrons. The number of likely N-dealkylation sites (N-methyl/N-ethyl adjacent to an activating group) is 1. The maximum absolute atomic E-state index is 12.1. The van der Waals surface area contributed by atoms with Crippen LogP contribution in [0.1, 0.15) is 136 Å². The van der Waals surface area contributed by atoms with Crippen molar-refractivity contribution in [2.75, 3.05) is 185 Å². The van der Waals surface area contributed by atoms with E-state index in [-0.39, 0.29) is 12.6 Å². The largest absolute Gasteiger partial charge is 0.463 e. The smallest absolute Gasteiger partial charge is 0.307 e. The number of nitrogens with zero attached hydrogens (tertiary/aromatic N) is 2. The fourth-order valence-electron chi connectivity index (χ4n) is 7.43. The summed E-state index contributed by atoms with van der Waals surface area (Å²) >= 11 is 0. The van der Waals surface area contributed by atoms with Gasteiger partial charge in [-0.2, -0.15) is 0 Å². The van der Waals surface area contributed by atoms with Crippen LogP contribution in [0.2, 0.25) is 0 Å². The van der Waals surface area contributed by atoms with Gasteiger partial charge in [0.15, 0.2) is 0 Å². The van der Waals surface area contributed by atoms with E-state index in [4.69, 9.17) is 52.1 Å². The van der Waals surface area contributed by atoms with Gasteiger partial charge >= 0.3 is 5.97 Å². The molecule has 0 aromatic heterocycles. The standard InChI is InChI=1S/C52H103N2O12/c1-4-6-8-10-11-12-13-14-15-16-17-18-19-20-21-23-31-56-32-33-57-34-35-58-36-37-59-38-39-60-40-41-61-42-43-62-44-45-63-46-47-64-48-49-65-50-51-66-52(55)24-25-53-26-29-54(3,30-27-53)28-22-9-7-5-2/h14-15H,4-13,16-51H2,1-3H3/q+1. The van der Waals surface area contributed by atoms with Crippen molar-refractivity contribution in [3.8, 4) is 0 Å². The molecule has 1 fully saturated rings. The molecule has 1 aliphatic rings. The van der Waals surface area contributed by atoms with Crippen molar-refractivity contribution >= 4 is 5.97 Å². The highest BCUT2D eigenvalue weighted by atomic mass is 16.6. The third-order valence-electron chi connectivity index (χ3n) is 11.7. The maximum Gasteiger partial charge on any atom is 0.307 e. The van der Waals surface area contributed by atoms with E-state index in [9.17, 15) is 4.79 Å². The number of allylic oxidation sites excluding steroid dienone is 2. The van der Waals surface area contributed by atoms with Crippen LogP contribution in [0.4, 0.5) is 0 Å². The van der Waals surface area contributed by atoms with Crippen LogP contribution in [0.15, 0.2) is 12.2 Å². The maximum atomic E-state index is 12.1. The second-order valence-corrected chi connectivity index (χ2v) is 17.7. The summed E-state index contributed by atoms with van der Waals surface area (Å²) in [5, 5.41) is 0. The van der Waals surface area contributed by atoms with Crippen LogP contribution >= 0.6 is 0 Å². The Morgan fingerprint density at radius 2 is 0.727 bits per heavy atom. The Balaban J connectivity index is 1.65. The fourth-order valence-corrected chi connectivity index (χ4v) is 7.43. The van der Waals surface area contributed by atoms with Crippen LogP contribution in [0.5, 0.6) is 0 Å². The molecule has 0 aromatic rings. The molecule has 0 saturated carbocycles. The first-order valence-corrected chi connectivity index (χ1v) is 26.7. The van der Waals surface area contributed by atoms with Crippen molar-refractivity contribution in [3.63, 3.8) is 0 Å². The molecular formula is C52H103N2O12+. The Morgan fingerprint density at radius 1 is 0.409 bits per heavy atom. The van der Waals surface area contributed by atoms with E-state index in [2.05, 4.69) is 37.9 Å². The molecule has 1 rings (SSSR count). The van der Waals surface area contributed by atoms with Gasteiger partial charge in [-0.25, -0.2) is 0 Å².